The summed E-state index contributed by atoms with van der Waals surface area (Å²) in [7, 11) is 0. The van der Waals surface area contributed by atoms with Crippen LogP contribution in [0.5, 0.6) is 5.75 Å². The van der Waals surface area contributed by atoms with E-state index >= 15 is 0 Å². The van der Waals surface area contributed by atoms with Gasteiger partial charge in [-0.1, -0.05) is 0 Å². The molecule has 1 aromatic carbocycles. The third kappa shape index (κ3) is 3.06. The average molecular weight is 281 g/mol. The molecule has 1 saturated heterocycles. The van der Waals surface area contributed by atoms with Crippen LogP contribution in [-0.4, -0.2) is 29.7 Å². The zero-order valence-electron chi connectivity index (χ0n) is 11.2. The van der Waals surface area contributed by atoms with Gasteiger partial charge in [-0.25, -0.2) is 4.39 Å². The van der Waals surface area contributed by atoms with Gasteiger partial charge in [-0.05, 0) is 43.7 Å². The Morgan fingerprint density at radius 2 is 2.42 bits per heavy atom. The van der Waals surface area contributed by atoms with E-state index < -0.39 is 0 Å². The lowest BCUT2D eigenvalue weighted by Gasteiger charge is -2.24. The van der Waals surface area contributed by atoms with Gasteiger partial charge in [-0.3, -0.25) is 0 Å². The van der Waals surface area contributed by atoms with Gasteiger partial charge in [-0.15, -0.1) is 0 Å². The molecule has 2 unspecified atom stereocenters. The van der Waals surface area contributed by atoms with Crippen LogP contribution in [0.2, 0.25) is 0 Å². The van der Waals surface area contributed by atoms with Gasteiger partial charge in [0, 0.05) is 29.8 Å². The first kappa shape index (κ1) is 13.3. The number of ether oxygens (including phenoxy) is 1. The highest BCUT2D eigenvalue weighted by Gasteiger charge is 2.30. The molecule has 0 radical (unpaired) electrons. The summed E-state index contributed by atoms with van der Waals surface area (Å²) in [6, 6.07) is 4.78. The van der Waals surface area contributed by atoms with Gasteiger partial charge in [0.05, 0.1) is 0 Å². The lowest BCUT2D eigenvalue weighted by molar-refractivity contribution is 0.226. The fraction of sp³-hybridized carbons (Fsp3) is 0.600. The zero-order chi connectivity index (χ0) is 13.3. The Kier molecular flexibility index (Phi) is 3.72. The molecule has 0 spiro atoms. The van der Waals surface area contributed by atoms with Crippen LogP contribution in [0.3, 0.4) is 0 Å². The van der Waals surface area contributed by atoms with Crippen molar-refractivity contribution in [2.24, 2.45) is 0 Å². The average Bonchev–Trinajstić information content (AvgIpc) is 2.95. The van der Waals surface area contributed by atoms with E-state index in [0.29, 0.717) is 4.75 Å². The molecule has 0 aromatic heterocycles. The van der Waals surface area contributed by atoms with Crippen LogP contribution in [0.4, 0.5) is 4.39 Å². The van der Waals surface area contributed by atoms with Gasteiger partial charge < -0.3 is 10.1 Å². The Bertz CT molecular complexity index is 459. The molecule has 19 heavy (non-hydrogen) atoms. The van der Waals surface area contributed by atoms with Crippen LogP contribution < -0.4 is 10.1 Å². The fourth-order valence-corrected chi connectivity index (χ4v) is 4.15. The molecule has 104 valence electrons. The van der Waals surface area contributed by atoms with E-state index in [2.05, 4.69) is 24.0 Å². The predicted octanol–water partition coefficient (Wildman–Crippen LogP) is 3.00. The van der Waals surface area contributed by atoms with Gasteiger partial charge in [-0.2, -0.15) is 11.8 Å². The number of rotatable bonds is 4. The number of fused-ring (bicyclic) bond motifs is 1. The second-order valence-electron chi connectivity index (χ2n) is 5.73. The summed E-state index contributed by atoms with van der Waals surface area (Å²) in [5.41, 5.74) is 0.994. The zero-order valence-corrected chi connectivity index (χ0v) is 12.1. The molecule has 2 aliphatic heterocycles. The normalized spacial score (nSPS) is 29.3. The SMILES string of the molecule is CC1(CNCC2Cc3cc(F)ccc3O2)CCCS1. The summed E-state index contributed by atoms with van der Waals surface area (Å²) in [6.45, 7) is 4.20. The lowest BCUT2D eigenvalue weighted by Crippen LogP contribution is -2.38. The molecule has 0 amide bonds. The van der Waals surface area contributed by atoms with Gasteiger partial charge in [0.1, 0.15) is 17.7 Å². The maximum atomic E-state index is 13.1. The molecule has 0 bridgehead atoms. The topological polar surface area (TPSA) is 21.3 Å². The summed E-state index contributed by atoms with van der Waals surface area (Å²) in [5.74, 6) is 1.95. The highest BCUT2D eigenvalue weighted by atomic mass is 32.2. The van der Waals surface area contributed by atoms with Crippen LogP contribution in [0.25, 0.3) is 0 Å². The molecule has 2 aliphatic rings. The van der Waals surface area contributed by atoms with Crippen LogP contribution >= 0.6 is 11.8 Å². The second kappa shape index (κ2) is 5.33. The maximum Gasteiger partial charge on any atom is 0.123 e. The highest BCUT2D eigenvalue weighted by Crippen LogP contribution is 2.37. The molecular weight excluding hydrogens is 261 g/mol. The largest absolute Gasteiger partial charge is 0.488 e. The van der Waals surface area contributed by atoms with Gasteiger partial charge in [0.15, 0.2) is 0 Å². The quantitative estimate of drug-likeness (QED) is 0.916. The van der Waals surface area contributed by atoms with E-state index in [0.717, 1.165) is 30.8 Å². The number of hydrogen-bond donors (Lipinski definition) is 1. The van der Waals surface area contributed by atoms with Crippen molar-refractivity contribution in [3.8, 4) is 5.75 Å². The molecule has 2 nitrogen and oxygen atoms in total. The molecular formula is C15H20FNOS. The van der Waals surface area contributed by atoms with Crippen LogP contribution in [0.15, 0.2) is 18.2 Å². The summed E-state index contributed by atoms with van der Waals surface area (Å²) < 4.78 is 19.3. The number of thioether (sulfide) groups is 1. The van der Waals surface area contributed by atoms with Crippen molar-refractivity contribution >= 4 is 11.8 Å². The fourth-order valence-electron chi connectivity index (χ4n) is 2.88. The number of halogens is 1. The standard InChI is InChI=1S/C15H20FNOS/c1-15(5-2-6-19-15)10-17-9-13-8-11-7-12(16)3-4-14(11)18-13/h3-4,7,13,17H,2,5-6,8-10H2,1H3. The Hall–Kier alpha value is -0.740. The molecule has 1 aromatic rings. The van der Waals surface area contributed by atoms with Crippen molar-refractivity contribution in [3.05, 3.63) is 29.6 Å². The molecule has 1 N–H and O–H groups in total. The van der Waals surface area contributed by atoms with Crippen molar-refractivity contribution in [2.75, 3.05) is 18.8 Å². The monoisotopic (exact) mass is 281 g/mol. The minimum atomic E-state index is -0.175. The van der Waals surface area contributed by atoms with Crippen LogP contribution in [0, 0.1) is 5.82 Å². The number of hydrogen-bond acceptors (Lipinski definition) is 3. The van der Waals surface area contributed by atoms with Crippen molar-refractivity contribution in [3.63, 3.8) is 0 Å². The van der Waals surface area contributed by atoms with E-state index in [1.54, 1.807) is 12.1 Å². The smallest absolute Gasteiger partial charge is 0.123 e. The Labute approximate surface area is 118 Å². The van der Waals surface area contributed by atoms with E-state index in [9.17, 15) is 4.39 Å². The summed E-state index contributed by atoms with van der Waals surface area (Å²) in [5, 5.41) is 3.52. The van der Waals surface area contributed by atoms with Crippen molar-refractivity contribution in [2.45, 2.75) is 37.0 Å². The van der Waals surface area contributed by atoms with E-state index in [4.69, 9.17) is 4.74 Å². The third-order valence-electron chi connectivity index (χ3n) is 3.94. The predicted molar refractivity (Wildman–Crippen MR) is 77.5 cm³/mol. The number of nitrogens with one attached hydrogen (secondary N) is 1. The minimum absolute atomic E-state index is 0.145. The minimum Gasteiger partial charge on any atom is -0.488 e. The molecule has 1 fully saturated rings. The third-order valence-corrected chi connectivity index (χ3v) is 5.47. The second-order valence-corrected chi connectivity index (χ2v) is 7.41. The number of benzene rings is 1. The van der Waals surface area contributed by atoms with Gasteiger partial charge in [0.2, 0.25) is 0 Å². The highest BCUT2D eigenvalue weighted by molar-refractivity contribution is 8.00. The van der Waals surface area contributed by atoms with E-state index in [1.807, 2.05) is 0 Å². The van der Waals surface area contributed by atoms with Crippen molar-refractivity contribution in [1.82, 2.24) is 5.32 Å². The Morgan fingerprint density at radius 3 is 3.21 bits per heavy atom. The van der Waals surface area contributed by atoms with Gasteiger partial charge in [0.25, 0.3) is 0 Å². The molecule has 0 aliphatic carbocycles. The first-order valence-corrected chi connectivity index (χ1v) is 7.93. The van der Waals surface area contributed by atoms with Crippen molar-refractivity contribution in [1.29, 1.82) is 0 Å². The lowest BCUT2D eigenvalue weighted by atomic mass is 10.1. The molecule has 4 heteroatoms. The van der Waals surface area contributed by atoms with E-state index in [-0.39, 0.29) is 11.9 Å². The first-order valence-electron chi connectivity index (χ1n) is 6.94. The summed E-state index contributed by atoms with van der Waals surface area (Å²) in [4.78, 5) is 0. The van der Waals surface area contributed by atoms with Crippen molar-refractivity contribution < 1.29 is 9.13 Å². The molecule has 0 saturated carbocycles. The molecule has 2 atom stereocenters. The molecule has 3 rings (SSSR count). The maximum absolute atomic E-state index is 13.1. The van der Waals surface area contributed by atoms with Crippen LogP contribution in [-0.2, 0) is 6.42 Å². The van der Waals surface area contributed by atoms with Gasteiger partial charge >= 0.3 is 0 Å². The summed E-state index contributed by atoms with van der Waals surface area (Å²) >= 11 is 2.06. The molecule has 2 heterocycles. The van der Waals surface area contributed by atoms with Crippen LogP contribution in [0.1, 0.15) is 25.3 Å². The van der Waals surface area contributed by atoms with E-state index in [1.165, 1.54) is 24.7 Å². The first-order chi connectivity index (χ1) is 9.15. The summed E-state index contributed by atoms with van der Waals surface area (Å²) in [6.07, 6.45) is 3.57. The Morgan fingerprint density at radius 1 is 1.53 bits per heavy atom. The Balaban J connectivity index is 1.48.